The van der Waals surface area contributed by atoms with Crippen molar-refractivity contribution in [2.24, 2.45) is 0 Å². The zero-order valence-corrected chi connectivity index (χ0v) is 12.1. The average molecular weight is 284 g/mol. The van der Waals surface area contributed by atoms with Crippen molar-refractivity contribution >= 4 is 15.8 Å². The van der Waals surface area contributed by atoms with Crippen molar-refractivity contribution in [2.45, 2.75) is 29.7 Å². The van der Waals surface area contributed by atoms with Gasteiger partial charge in [-0.25, -0.2) is 18.1 Å². The van der Waals surface area contributed by atoms with Crippen LogP contribution in [0, 0.1) is 0 Å². The zero-order valence-electron chi connectivity index (χ0n) is 11.3. The number of anilines is 1. The highest BCUT2D eigenvalue weighted by atomic mass is 32.2. The molecule has 6 nitrogen and oxygen atoms in total. The Morgan fingerprint density at radius 3 is 2.53 bits per heavy atom. The van der Waals surface area contributed by atoms with E-state index in [9.17, 15) is 8.42 Å². The van der Waals surface area contributed by atoms with E-state index in [2.05, 4.69) is 14.6 Å². The molecule has 0 bridgehead atoms. The average Bonchev–Trinajstić information content (AvgIpc) is 2.27. The van der Waals surface area contributed by atoms with E-state index >= 15 is 0 Å². The lowest BCUT2D eigenvalue weighted by molar-refractivity contribution is 0.0657. The maximum Gasteiger partial charge on any atom is 0.242 e. The number of hydrogen-bond donors (Lipinski definition) is 2. The van der Waals surface area contributed by atoms with E-state index in [4.69, 9.17) is 5.73 Å². The van der Waals surface area contributed by atoms with Crippen LogP contribution < -0.4 is 10.5 Å². The van der Waals surface area contributed by atoms with Gasteiger partial charge in [-0.15, -0.1) is 0 Å². The molecule has 1 fully saturated rings. The first kappa shape index (κ1) is 14.2. The Morgan fingerprint density at radius 2 is 2.11 bits per heavy atom. The Morgan fingerprint density at radius 1 is 1.42 bits per heavy atom. The number of likely N-dealkylation sites (N-methyl/N-ethyl adjacent to an activating group) is 1. The van der Waals surface area contributed by atoms with E-state index in [0.717, 1.165) is 19.3 Å². The van der Waals surface area contributed by atoms with Crippen LogP contribution in [0.4, 0.5) is 5.82 Å². The maximum absolute atomic E-state index is 12.1. The number of nitrogen functional groups attached to an aromatic ring is 1. The van der Waals surface area contributed by atoms with Gasteiger partial charge in [0.05, 0.1) is 0 Å². The van der Waals surface area contributed by atoms with Crippen LogP contribution >= 0.6 is 0 Å². The largest absolute Gasteiger partial charge is 0.384 e. The minimum Gasteiger partial charge on any atom is -0.384 e. The topological polar surface area (TPSA) is 88.3 Å². The molecule has 1 aliphatic rings. The predicted octanol–water partition coefficient (Wildman–Crippen LogP) is 0.426. The van der Waals surface area contributed by atoms with E-state index in [1.54, 1.807) is 0 Å². The summed E-state index contributed by atoms with van der Waals surface area (Å²) in [7, 11) is 0.454. The zero-order chi connectivity index (χ0) is 14.1. The minimum absolute atomic E-state index is 0.0473. The van der Waals surface area contributed by atoms with Crippen molar-refractivity contribution < 1.29 is 8.42 Å². The highest BCUT2D eigenvalue weighted by Crippen LogP contribution is 2.35. The van der Waals surface area contributed by atoms with Gasteiger partial charge >= 0.3 is 0 Å². The molecule has 19 heavy (non-hydrogen) atoms. The summed E-state index contributed by atoms with van der Waals surface area (Å²) in [4.78, 5) is 6.05. The molecule has 0 amide bonds. The number of sulfonamides is 1. The van der Waals surface area contributed by atoms with Crippen LogP contribution in [0.1, 0.15) is 19.3 Å². The van der Waals surface area contributed by atoms with Crippen LogP contribution in [-0.2, 0) is 10.0 Å². The van der Waals surface area contributed by atoms with E-state index in [1.807, 2.05) is 14.1 Å². The van der Waals surface area contributed by atoms with Gasteiger partial charge in [0, 0.05) is 18.3 Å². The number of nitrogens with zero attached hydrogens (tertiary/aromatic N) is 2. The lowest BCUT2D eigenvalue weighted by Gasteiger charge is -2.47. The van der Waals surface area contributed by atoms with Crippen molar-refractivity contribution in [3.05, 3.63) is 18.3 Å². The van der Waals surface area contributed by atoms with E-state index in [1.165, 1.54) is 18.3 Å². The lowest BCUT2D eigenvalue weighted by Crippen LogP contribution is -2.57. The summed E-state index contributed by atoms with van der Waals surface area (Å²) in [6, 6.07) is 2.95. The molecule has 1 aromatic heterocycles. The monoisotopic (exact) mass is 284 g/mol. The molecule has 0 aliphatic heterocycles. The van der Waals surface area contributed by atoms with Gasteiger partial charge in [-0.1, -0.05) is 0 Å². The third-order valence-electron chi connectivity index (χ3n) is 3.89. The second-order valence-electron chi connectivity index (χ2n) is 5.22. The second kappa shape index (κ2) is 5.07. The fraction of sp³-hybridized carbons (Fsp3) is 0.583. The first-order valence-corrected chi connectivity index (χ1v) is 7.73. The summed E-state index contributed by atoms with van der Waals surface area (Å²) < 4.78 is 27.0. The van der Waals surface area contributed by atoms with Crippen LogP contribution in [0.2, 0.25) is 0 Å². The standard InChI is InChI=1S/C12H20N4O2S/c1-16(2)12(6-3-7-12)9-15-19(17,18)10-4-5-11(13)14-8-10/h4-5,8,15H,3,6-7,9H2,1-2H3,(H2,13,14). The first-order chi connectivity index (χ1) is 8.86. The number of pyridine rings is 1. The molecule has 0 aromatic carbocycles. The number of hydrogen-bond acceptors (Lipinski definition) is 5. The molecule has 2 rings (SSSR count). The van der Waals surface area contributed by atoms with Gasteiger partial charge in [-0.2, -0.15) is 0 Å². The van der Waals surface area contributed by atoms with Crippen LogP contribution in [0.3, 0.4) is 0 Å². The van der Waals surface area contributed by atoms with Crippen molar-refractivity contribution in [3.8, 4) is 0 Å². The Hall–Kier alpha value is -1.18. The van der Waals surface area contributed by atoms with Gasteiger partial charge in [0.15, 0.2) is 0 Å². The molecule has 1 aromatic rings. The number of nitrogens with two attached hydrogens (primary N) is 1. The van der Waals surface area contributed by atoms with Gasteiger partial charge in [-0.05, 0) is 45.5 Å². The summed E-state index contributed by atoms with van der Waals surface area (Å²) in [5.41, 5.74) is 5.40. The van der Waals surface area contributed by atoms with Crippen LogP contribution in [0.5, 0.6) is 0 Å². The fourth-order valence-corrected chi connectivity index (χ4v) is 3.29. The van der Waals surface area contributed by atoms with Crippen molar-refractivity contribution in [1.82, 2.24) is 14.6 Å². The van der Waals surface area contributed by atoms with Gasteiger partial charge in [0.1, 0.15) is 10.7 Å². The Labute approximate surface area is 114 Å². The molecule has 1 saturated carbocycles. The molecular weight excluding hydrogens is 264 g/mol. The summed E-state index contributed by atoms with van der Waals surface area (Å²) in [5.74, 6) is 0.308. The van der Waals surface area contributed by atoms with Crippen LogP contribution in [-0.4, -0.2) is 44.5 Å². The quantitative estimate of drug-likeness (QED) is 0.818. The number of rotatable bonds is 5. The summed E-state index contributed by atoms with van der Waals surface area (Å²) in [6.07, 6.45) is 4.45. The smallest absolute Gasteiger partial charge is 0.242 e. The van der Waals surface area contributed by atoms with Crippen molar-refractivity contribution in [3.63, 3.8) is 0 Å². The van der Waals surface area contributed by atoms with Crippen molar-refractivity contribution in [2.75, 3.05) is 26.4 Å². The molecule has 1 aliphatic carbocycles. The molecule has 0 spiro atoms. The predicted molar refractivity (Wildman–Crippen MR) is 74.1 cm³/mol. The molecule has 0 saturated heterocycles. The van der Waals surface area contributed by atoms with E-state index < -0.39 is 10.0 Å². The Balaban J connectivity index is 2.08. The molecule has 0 unspecified atom stereocenters. The Bertz CT molecular complexity index is 535. The summed E-state index contributed by atoms with van der Waals surface area (Å²) >= 11 is 0. The molecule has 1 heterocycles. The van der Waals surface area contributed by atoms with Gasteiger partial charge in [-0.3, -0.25) is 0 Å². The first-order valence-electron chi connectivity index (χ1n) is 6.24. The second-order valence-corrected chi connectivity index (χ2v) is 6.98. The van der Waals surface area contributed by atoms with Gasteiger partial charge in [0.25, 0.3) is 0 Å². The van der Waals surface area contributed by atoms with Crippen LogP contribution in [0.15, 0.2) is 23.2 Å². The third-order valence-corrected chi connectivity index (χ3v) is 5.28. The highest BCUT2D eigenvalue weighted by molar-refractivity contribution is 7.89. The van der Waals surface area contributed by atoms with Gasteiger partial charge < -0.3 is 10.6 Å². The maximum atomic E-state index is 12.1. The summed E-state index contributed by atoms with van der Waals surface area (Å²) in [6.45, 7) is 0.423. The lowest BCUT2D eigenvalue weighted by atomic mass is 9.76. The summed E-state index contributed by atoms with van der Waals surface area (Å²) in [5, 5.41) is 0. The van der Waals surface area contributed by atoms with Gasteiger partial charge in [0.2, 0.25) is 10.0 Å². The van der Waals surface area contributed by atoms with Crippen LogP contribution in [0.25, 0.3) is 0 Å². The molecule has 0 radical (unpaired) electrons. The van der Waals surface area contributed by atoms with Crippen molar-refractivity contribution in [1.29, 1.82) is 0 Å². The van der Waals surface area contributed by atoms with E-state index in [0.29, 0.717) is 12.4 Å². The normalized spacial score (nSPS) is 18.3. The Kier molecular flexibility index (Phi) is 3.80. The van der Waals surface area contributed by atoms with E-state index in [-0.39, 0.29) is 10.4 Å². The molecule has 106 valence electrons. The third kappa shape index (κ3) is 2.88. The molecule has 7 heteroatoms. The minimum atomic E-state index is -3.51. The molecule has 3 N–H and O–H groups in total. The molecular formula is C12H20N4O2S. The number of nitrogens with one attached hydrogen (secondary N) is 1. The number of aromatic nitrogens is 1. The highest BCUT2D eigenvalue weighted by Gasteiger charge is 2.39. The fourth-order valence-electron chi connectivity index (χ4n) is 2.23. The SMILES string of the molecule is CN(C)C1(CNS(=O)(=O)c2ccc(N)nc2)CCC1. The molecule has 0 atom stereocenters.